The molecular weight excluding hydrogens is 579 g/mol. The Morgan fingerprint density at radius 3 is 2.87 bits per heavy atom. The van der Waals surface area contributed by atoms with Crippen molar-refractivity contribution in [3.05, 3.63) is 69.0 Å². The van der Waals surface area contributed by atoms with Crippen molar-refractivity contribution in [3.8, 4) is 5.75 Å². The van der Waals surface area contributed by atoms with E-state index in [2.05, 4.69) is 15.5 Å². The number of aliphatic carboxylic acids is 1. The van der Waals surface area contributed by atoms with Gasteiger partial charge in [-0.2, -0.15) is 0 Å². The first-order valence-electron chi connectivity index (χ1n) is 11.0. The lowest BCUT2D eigenvalue weighted by atomic mass is 10.0. The number of carbonyl (C=O) groups excluding carboxylic acids is 2. The number of rotatable bonds is 9. The lowest BCUT2D eigenvalue weighted by Crippen LogP contribution is -2.70. The Morgan fingerprint density at radius 1 is 1.34 bits per heavy atom. The Labute approximate surface area is 232 Å². The van der Waals surface area contributed by atoms with Crippen LogP contribution in [-0.2, 0) is 16.2 Å². The zero-order valence-corrected chi connectivity index (χ0v) is 22.7. The number of aromatic nitrogens is 2. The number of thioether (sulfide) groups is 2. The van der Waals surface area contributed by atoms with Gasteiger partial charge in [-0.15, -0.1) is 22.0 Å². The molecule has 2 aliphatic heterocycles. The van der Waals surface area contributed by atoms with Crippen LogP contribution in [0.2, 0.25) is 5.02 Å². The van der Waals surface area contributed by atoms with E-state index in [0.717, 1.165) is 15.4 Å². The topological polar surface area (TPSA) is 135 Å². The van der Waals surface area contributed by atoms with Gasteiger partial charge in [0.2, 0.25) is 0 Å². The van der Waals surface area contributed by atoms with Gasteiger partial charge in [-0.1, -0.05) is 34.7 Å². The molecule has 198 valence electrons. The lowest BCUT2D eigenvalue weighted by molar-refractivity contribution is -0.148. The second-order valence-corrected chi connectivity index (χ2v) is 12.0. The number of carbonyl (C=O) groups is 3. The minimum Gasteiger partial charge on any atom is -0.484 e. The van der Waals surface area contributed by atoms with E-state index in [4.69, 9.17) is 20.8 Å². The Balaban J connectivity index is 1.20. The van der Waals surface area contributed by atoms with Crippen molar-refractivity contribution in [2.45, 2.75) is 29.3 Å². The van der Waals surface area contributed by atoms with Crippen molar-refractivity contribution in [2.24, 2.45) is 0 Å². The largest absolute Gasteiger partial charge is 0.484 e. The minimum absolute atomic E-state index is 0.0423. The Hall–Kier alpha value is -3.07. The van der Waals surface area contributed by atoms with Crippen LogP contribution in [-0.4, -0.2) is 60.9 Å². The average molecular weight is 597 g/mol. The van der Waals surface area contributed by atoms with Crippen LogP contribution in [0.5, 0.6) is 5.75 Å². The second-order valence-electron chi connectivity index (χ2n) is 8.12. The molecule has 15 heteroatoms. The van der Waals surface area contributed by atoms with Crippen molar-refractivity contribution in [1.29, 1.82) is 0 Å². The van der Waals surface area contributed by atoms with Gasteiger partial charge < -0.3 is 19.6 Å². The number of nitrogens with one attached hydrogen (secondary N) is 1. The Kier molecular flexibility index (Phi) is 7.66. The molecule has 2 aliphatic rings. The SMILES string of the molecule is Cc1nnc(SCC2=C(C(=O)O)N3C(=O)[C@@H](NC(=O)c4ccc(COc5ccc(F)cc5Cl)o4)[C@@H]3SC2)s1. The molecule has 1 saturated heterocycles. The first-order valence-corrected chi connectivity index (χ1v) is 14.2. The number of nitrogens with zero attached hydrogens (tertiary/aromatic N) is 3. The summed E-state index contributed by atoms with van der Waals surface area (Å²) in [5, 5.41) is 20.8. The highest BCUT2D eigenvalue weighted by Gasteiger charge is 2.54. The number of hydrogen-bond acceptors (Lipinski definition) is 10. The summed E-state index contributed by atoms with van der Waals surface area (Å²) >= 11 is 10.1. The molecule has 0 aliphatic carbocycles. The van der Waals surface area contributed by atoms with E-state index < -0.39 is 35.0 Å². The fraction of sp³-hybridized carbons (Fsp3) is 0.261. The second kappa shape index (κ2) is 11.0. The number of hydrogen-bond donors (Lipinski definition) is 2. The van der Waals surface area contributed by atoms with E-state index >= 15 is 0 Å². The van der Waals surface area contributed by atoms with Crippen LogP contribution in [0.15, 0.2) is 50.4 Å². The monoisotopic (exact) mass is 596 g/mol. The van der Waals surface area contributed by atoms with Crippen LogP contribution in [0.3, 0.4) is 0 Å². The van der Waals surface area contributed by atoms with E-state index in [1.165, 1.54) is 64.0 Å². The molecule has 4 heterocycles. The Morgan fingerprint density at radius 2 is 2.16 bits per heavy atom. The minimum atomic E-state index is -1.20. The molecule has 10 nitrogen and oxygen atoms in total. The fourth-order valence-electron chi connectivity index (χ4n) is 3.81. The van der Waals surface area contributed by atoms with Gasteiger partial charge in [0, 0.05) is 11.5 Å². The van der Waals surface area contributed by atoms with Crippen LogP contribution in [0.25, 0.3) is 0 Å². The summed E-state index contributed by atoms with van der Waals surface area (Å²) in [6.45, 7) is 1.77. The fourth-order valence-corrected chi connectivity index (χ4v) is 7.33. The standard InChI is InChI=1S/C23H18ClFN4O6S3/c1-10-27-28-23(38-10)37-9-11-8-36-21-17(20(31)29(21)18(11)22(32)33)26-19(30)16-5-3-13(35-16)7-34-15-4-2-12(25)6-14(15)24/h2-6,17,21H,7-9H2,1H3,(H,26,30)(H,32,33)/t17-,21+/m1/s1. The summed E-state index contributed by atoms with van der Waals surface area (Å²) in [7, 11) is 0. The highest BCUT2D eigenvalue weighted by molar-refractivity contribution is 8.01. The first kappa shape index (κ1) is 26.5. The van der Waals surface area contributed by atoms with Crippen LogP contribution < -0.4 is 10.1 Å². The summed E-state index contributed by atoms with van der Waals surface area (Å²) in [6, 6.07) is 5.77. The van der Waals surface area contributed by atoms with Gasteiger partial charge in [-0.3, -0.25) is 14.5 Å². The summed E-state index contributed by atoms with van der Waals surface area (Å²) in [5.74, 6) is -1.56. The van der Waals surface area contributed by atoms with Gasteiger partial charge in [0.1, 0.15) is 46.1 Å². The third kappa shape index (κ3) is 5.39. The van der Waals surface area contributed by atoms with E-state index in [0.29, 0.717) is 22.8 Å². The summed E-state index contributed by atoms with van der Waals surface area (Å²) < 4.78 is 24.9. The molecule has 38 heavy (non-hydrogen) atoms. The van der Waals surface area contributed by atoms with Crippen molar-refractivity contribution >= 4 is 64.2 Å². The highest BCUT2D eigenvalue weighted by Crippen LogP contribution is 2.42. The molecular formula is C23H18ClFN4O6S3. The maximum absolute atomic E-state index is 13.2. The molecule has 1 aromatic carbocycles. The number of carboxylic acid groups (broad SMARTS) is 1. The molecule has 3 aromatic rings. The van der Waals surface area contributed by atoms with Crippen LogP contribution in [0.4, 0.5) is 4.39 Å². The van der Waals surface area contributed by atoms with E-state index in [9.17, 15) is 23.9 Å². The van der Waals surface area contributed by atoms with Gasteiger partial charge >= 0.3 is 5.97 Å². The number of β-lactam (4-membered cyclic amide) rings is 1. The average Bonchev–Trinajstić information content (AvgIpc) is 3.53. The molecule has 0 radical (unpaired) electrons. The van der Waals surface area contributed by atoms with Gasteiger partial charge in [-0.05, 0) is 42.8 Å². The molecule has 1 fully saturated rings. The number of amides is 2. The van der Waals surface area contributed by atoms with Gasteiger partial charge in [-0.25, -0.2) is 9.18 Å². The number of carboxylic acids is 1. The lowest BCUT2D eigenvalue weighted by Gasteiger charge is -2.49. The zero-order chi connectivity index (χ0) is 27.0. The third-order valence-electron chi connectivity index (χ3n) is 5.56. The van der Waals surface area contributed by atoms with E-state index in [1.807, 2.05) is 6.92 Å². The predicted molar refractivity (Wildman–Crippen MR) is 139 cm³/mol. The van der Waals surface area contributed by atoms with Crippen molar-refractivity contribution in [3.63, 3.8) is 0 Å². The van der Waals surface area contributed by atoms with Crippen LogP contribution in [0.1, 0.15) is 21.3 Å². The van der Waals surface area contributed by atoms with Crippen LogP contribution in [0, 0.1) is 12.7 Å². The van der Waals surface area contributed by atoms with E-state index in [1.54, 1.807) is 0 Å². The maximum atomic E-state index is 13.2. The van der Waals surface area contributed by atoms with Gasteiger partial charge in [0.25, 0.3) is 11.8 Å². The quantitative estimate of drug-likeness (QED) is 0.276. The molecule has 0 spiro atoms. The predicted octanol–water partition coefficient (Wildman–Crippen LogP) is 3.96. The van der Waals surface area contributed by atoms with Crippen molar-refractivity contribution < 1.29 is 33.0 Å². The molecule has 5 rings (SSSR count). The molecule has 0 saturated carbocycles. The Bertz CT molecular complexity index is 1460. The summed E-state index contributed by atoms with van der Waals surface area (Å²) in [4.78, 5) is 38.9. The number of aryl methyl sites for hydroxylation is 1. The number of halogens is 2. The molecule has 2 aromatic heterocycles. The zero-order valence-electron chi connectivity index (χ0n) is 19.5. The van der Waals surface area contributed by atoms with Crippen LogP contribution >= 0.6 is 46.5 Å². The summed E-state index contributed by atoms with van der Waals surface area (Å²) in [6.07, 6.45) is 0. The molecule has 2 N–H and O–H groups in total. The molecule has 2 amide bonds. The highest BCUT2D eigenvalue weighted by atomic mass is 35.5. The number of benzene rings is 1. The maximum Gasteiger partial charge on any atom is 0.352 e. The van der Waals surface area contributed by atoms with E-state index in [-0.39, 0.29) is 28.8 Å². The normalized spacial score (nSPS) is 18.7. The molecule has 0 unspecified atom stereocenters. The summed E-state index contributed by atoms with van der Waals surface area (Å²) in [5.41, 5.74) is 0.543. The third-order valence-corrected chi connectivity index (χ3v) is 9.26. The molecule has 2 atom stereocenters. The van der Waals surface area contributed by atoms with Gasteiger partial charge in [0.05, 0.1) is 5.02 Å². The number of furan rings is 1. The van der Waals surface area contributed by atoms with Crippen molar-refractivity contribution in [2.75, 3.05) is 11.5 Å². The number of fused-ring (bicyclic) bond motifs is 1. The first-order chi connectivity index (χ1) is 18.2. The smallest absolute Gasteiger partial charge is 0.352 e. The number of ether oxygens (including phenoxy) is 1. The van der Waals surface area contributed by atoms with Gasteiger partial charge in [0.15, 0.2) is 10.1 Å². The van der Waals surface area contributed by atoms with Crippen molar-refractivity contribution in [1.82, 2.24) is 20.4 Å². The molecule has 0 bridgehead atoms.